The Hall–Kier alpha value is -2.40. The molecule has 8 nitrogen and oxygen atoms in total. The summed E-state index contributed by atoms with van der Waals surface area (Å²) in [5, 5.41) is 14.1. The monoisotopic (exact) mass is 316 g/mol. The Morgan fingerprint density at radius 1 is 1.43 bits per heavy atom. The first-order chi connectivity index (χ1) is 11.2. The summed E-state index contributed by atoms with van der Waals surface area (Å²) < 4.78 is 5.55. The molecule has 3 heterocycles. The van der Waals surface area contributed by atoms with Gasteiger partial charge in [0.05, 0.1) is 6.20 Å². The zero-order chi connectivity index (χ0) is 16.1. The number of piperazine rings is 1. The van der Waals surface area contributed by atoms with Gasteiger partial charge in [0, 0.05) is 52.0 Å². The van der Waals surface area contributed by atoms with E-state index in [0.29, 0.717) is 25.4 Å². The van der Waals surface area contributed by atoms with Crippen LogP contribution in [0.15, 0.2) is 20.8 Å². The van der Waals surface area contributed by atoms with Crippen molar-refractivity contribution < 1.29 is 9.21 Å². The summed E-state index contributed by atoms with van der Waals surface area (Å²) in [5.74, 6) is 2.53. The topological polar surface area (TPSA) is 95.1 Å². The molecule has 0 saturated carbocycles. The fraction of sp³-hybridized carbons (Fsp3) is 0.600. The molecule has 23 heavy (non-hydrogen) atoms. The fourth-order valence-electron chi connectivity index (χ4n) is 2.50. The summed E-state index contributed by atoms with van der Waals surface area (Å²) in [5.41, 5.74) is -0.382. The summed E-state index contributed by atoms with van der Waals surface area (Å²) in [7, 11) is 0. The highest BCUT2D eigenvalue weighted by Crippen LogP contribution is 2.36. The van der Waals surface area contributed by atoms with Crippen LogP contribution in [-0.2, 0) is 0 Å². The maximum absolute atomic E-state index is 12.1. The molecule has 1 fully saturated rings. The molecular formula is C15H20N6O2. The minimum Gasteiger partial charge on any atom is -0.418 e. The fourth-order valence-corrected chi connectivity index (χ4v) is 2.50. The second-order valence-corrected chi connectivity index (χ2v) is 5.64. The maximum atomic E-state index is 12.1. The lowest BCUT2D eigenvalue weighted by molar-refractivity contribution is 0.0924. The van der Waals surface area contributed by atoms with E-state index < -0.39 is 0 Å². The number of rotatable bonds is 7. The molecule has 0 bridgehead atoms. The van der Waals surface area contributed by atoms with Crippen LogP contribution >= 0.6 is 0 Å². The first-order valence-corrected chi connectivity index (χ1v) is 7.80. The highest BCUT2D eigenvalue weighted by Gasteiger charge is 2.38. The second kappa shape index (κ2) is 6.79. The van der Waals surface area contributed by atoms with Crippen molar-refractivity contribution in [2.75, 3.05) is 37.6 Å². The number of terminal acetylenes is 1. The number of oxazole rings is 1. The Morgan fingerprint density at radius 2 is 2.22 bits per heavy atom. The third-order valence-electron chi connectivity index (χ3n) is 3.97. The Morgan fingerprint density at radius 3 is 2.91 bits per heavy atom. The van der Waals surface area contributed by atoms with Crippen molar-refractivity contribution in [1.29, 1.82) is 0 Å². The van der Waals surface area contributed by atoms with Gasteiger partial charge in [-0.25, -0.2) is 4.98 Å². The van der Waals surface area contributed by atoms with Crippen molar-refractivity contribution in [3.8, 4) is 12.3 Å². The van der Waals surface area contributed by atoms with Crippen LogP contribution in [0.5, 0.6) is 0 Å². The number of nitrogens with one attached hydrogen (secondary N) is 2. The molecule has 0 radical (unpaired) electrons. The van der Waals surface area contributed by atoms with Gasteiger partial charge in [-0.05, 0) is 0 Å². The van der Waals surface area contributed by atoms with E-state index in [1.54, 1.807) is 0 Å². The van der Waals surface area contributed by atoms with Crippen molar-refractivity contribution in [3.05, 3.63) is 12.0 Å². The normalized spacial score (nSPS) is 18.5. The average molecular weight is 316 g/mol. The van der Waals surface area contributed by atoms with E-state index in [0.717, 1.165) is 32.6 Å². The molecular weight excluding hydrogens is 296 g/mol. The Labute approximate surface area is 134 Å². The molecule has 0 spiro atoms. The van der Waals surface area contributed by atoms with E-state index in [1.165, 1.54) is 6.20 Å². The van der Waals surface area contributed by atoms with Crippen LogP contribution in [-0.4, -0.2) is 49.3 Å². The number of carbonyl (C=O) groups excluding carboxylic acids is 1. The summed E-state index contributed by atoms with van der Waals surface area (Å²) in [4.78, 5) is 18.3. The van der Waals surface area contributed by atoms with Gasteiger partial charge in [0.15, 0.2) is 5.66 Å². The standard InChI is InChI=1S/C15H20N6O2/c1-2-3-4-15(19-20-15)5-6-17-13(22)12-11-18-14(23-12)21-9-7-16-8-10-21/h1,11,16H,3-10H2,(H,17,22). The van der Waals surface area contributed by atoms with Crippen LogP contribution in [0.4, 0.5) is 6.01 Å². The number of hydrogen-bond donors (Lipinski definition) is 2. The van der Waals surface area contributed by atoms with Crippen molar-refractivity contribution in [2.24, 2.45) is 10.2 Å². The zero-order valence-electron chi connectivity index (χ0n) is 12.9. The molecule has 1 aromatic rings. The van der Waals surface area contributed by atoms with Gasteiger partial charge >= 0.3 is 0 Å². The van der Waals surface area contributed by atoms with E-state index >= 15 is 0 Å². The van der Waals surface area contributed by atoms with Crippen LogP contribution < -0.4 is 15.5 Å². The molecule has 8 heteroatoms. The van der Waals surface area contributed by atoms with Crippen LogP contribution in [0.1, 0.15) is 29.8 Å². The lowest BCUT2D eigenvalue weighted by Crippen LogP contribution is -2.43. The highest BCUT2D eigenvalue weighted by atomic mass is 16.4. The van der Waals surface area contributed by atoms with E-state index in [-0.39, 0.29) is 17.3 Å². The van der Waals surface area contributed by atoms with E-state index in [9.17, 15) is 4.79 Å². The molecule has 0 atom stereocenters. The van der Waals surface area contributed by atoms with Gasteiger partial charge in [0.25, 0.3) is 11.9 Å². The Balaban J connectivity index is 1.45. The molecule has 2 aliphatic heterocycles. The predicted octanol–water partition coefficient (Wildman–Crippen LogP) is 0.780. The summed E-state index contributed by atoms with van der Waals surface area (Å²) in [6, 6.07) is 0.495. The van der Waals surface area contributed by atoms with Gasteiger partial charge in [0.1, 0.15) is 0 Å². The minimum atomic E-state index is -0.382. The third kappa shape index (κ3) is 3.87. The largest absolute Gasteiger partial charge is 0.418 e. The summed E-state index contributed by atoms with van der Waals surface area (Å²) in [6.45, 7) is 3.89. The predicted molar refractivity (Wildman–Crippen MR) is 84.2 cm³/mol. The first-order valence-electron chi connectivity index (χ1n) is 7.80. The van der Waals surface area contributed by atoms with Gasteiger partial charge in [-0.2, -0.15) is 10.2 Å². The average Bonchev–Trinajstić information content (AvgIpc) is 3.17. The van der Waals surface area contributed by atoms with Crippen LogP contribution in [0.25, 0.3) is 0 Å². The van der Waals surface area contributed by atoms with Gasteiger partial charge in [-0.1, -0.05) is 0 Å². The van der Waals surface area contributed by atoms with Crippen molar-refractivity contribution in [2.45, 2.75) is 24.9 Å². The summed E-state index contributed by atoms with van der Waals surface area (Å²) in [6.07, 6.45) is 8.73. The van der Waals surface area contributed by atoms with E-state index in [4.69, 9.17) is 10.8 Å². The van der Waals surface area contributed by atoms with Gasteiger partial charge in [-0.15, -0.1) is 12.3 Å². The molecule has 3 rings (SSSR count). The molecule has 0 aliphatic carbocycles. The number of anilines is 1. The Bertz CT molecular complexity index is 620. The number of carbonyl (C=O) groups is 1. The van der Waals surface area contributed by atoms with Gasteiger partial charge < -0.3 is 20.0 Å². The quantitative estimate of drug-likeness (QED) is 0.725. The number of aromatic nitrogens is 1. The molecule has 2 N–H and O–H groups in total. The number of hydrogen-bond acceptors (Lipinski definition) is 7. The minimum absolute atomic E-state index is 0.223. The highest BCUT2D eigenvalue weighted by molar-refractivity contribution is 5.91. The zero-order valence-corrected chi connectivity index (χ0v) is 12.9. The lowest BCUT2D eigenvalue weighted by atomic mass is 10.0. The maximum Gasteiger partial charge on any atom is 0.298 e. The second-order valence-electron chi connectivity index (χ2n) is 5.64. The van der Waals surface area contributed by atoms with Crippen molar-refractivity contribution in [1.82, 2.24) is 15.6 Å². The SMILES string of the molecule is C#CCCC1(CCNC(=O)c2cnc(N3CCNCC3)o2)N=N1. The van der Waals surface area contributed by atoms with Crippen LogP contribution in [0.2, 0.25) is 0 Å². The van der Waals surface area contributed by atoms with Gasteiger partial charge in [-0.3, -0.25) is 4.79 Å². The number of nitrogens with zero attached hydrogens (tertiary/aromatic N) is 4. The first kappa shape index (κ1) is 15.5. The summed E-state index contributed by atoms with van der Waals surface area (Å²) >= 11 is 0. The molecule has 122 valence electrons. The molecule has 1 aromatic heterocycles. The van der Waals surface area contributed by atoms with E-state index in [1.807, 2.05) is 4.90 Å². The van der Waals surface area contributed by atoms with Crippen molar-refractivity contribution >= 4 is 11.9 Å². The van der Waals surface area contributed by atoms with Crippen molar-refractivity contribution in [3.63, 3.8) is 0 Å². The van der Waals surface area contributed by atoms with Crippen LogP contribution in [0, 0.1) is 12.3 Å². The van der Waals surface area contributed by atoms with Gasteiger partial charge in [0.2, 0.25) is 5.76 Å². The molecule has 1 amide bonds. The third-order valence-corrected chi connectivity index (χ3v) is 3.97. The molecule has 2 aliphatic rings. The smallest absolute Gasteiger partial charge is 0.298 e. The van der Waals surface area contributed by atoms with E-state index in [2.05, 4.69) is 31.8 Å². The number of amides is 1. The molecule has 1 saturated heterocycles. The lowest BCUT2D eigenvalue weighted by Gasteiger charge is -2.25. The Kier molecular flexibility index (Phi) is 4.57. The molecule has 0 unspecified atom stereocenters. The molecule has 0 aromatic carbocycles. The van der Waals surface area contributed by atoms with Crippen LogP contribution in [0.3, 0.4) is 0 Å².